The molecule has 0 bridgehead atoms. The van der Waals surface area contributed by atoms with E-state index >= 15 is 0 Å². The number of amides is 1. The zero-order valence-corrected chi connectivity index (χ0v) is 16.9. The van der Waals surface area contributed by atoms with Crippen molar-refractivity contribution in [2.24, 2.45) is 17.3 Å². The van der Waals surface area contributed by atoms with Gasteiger partial charge in [-0.3, -0.25) is 14.4 Å². The van der Waals surface area contributed by atoms with E-state index in [1.54, 1.807) is 7.05 Å². The first-order chi connectivity index (χ1) is 11.2. The average molecular weight is 358 g/mol. The van der Waals surface area contributed by atoms with Gasteiger partial charge in [-0.2, -0.15) is 12.6 Å². The maximum atomic E-state index is 12.7. The van der Waals surface area contributed by atoms with Gasteiger partial charge in [0.2, 0.25) is 5.91 Å². The van der Waals surface area contributed by atoms with Crippen molar-refractivity contribution in [3.05, 3.63) is 0 Å². The zero-order chi connectivity index (χ0) is 18.8. The van der Waals surface area contributed by atoms with Crippen LogP contribution in [0, 0.1) is 17.3 Å². The molecule has 1 amide bonds. The number of thiol groups is 1. The number of carbonyl (C=O) groups excluding carboxylic acids is 3. The number of hydrogen-bond acceptors (Lipinski definition) is 4. The van der Waals surface area contributed by atoms with Crippen LogP contribution in [0.5, 0.6) is 0 Å². The standard InChI is InChI=1S/C19H35NO3S/c1-6-7-8-9-10-11-14(17(22)13-24)16(21)12-15(18(23)20-5)19(2,3)4/h14-15,24H,6-13H2,1-5H3,(H,20,23)/t14?,15-/m1/s1. The Labute approximate surface area is 152 Å². The van der Waals surface area contributed by atoms with Gasteiger partial charge in [-0.15, -0.1) is 0 Å². The summed E-state index contributed by atoms with van der Waals surface area (Å²) < 4.78 is 0. The van der Waals surface area contributed by atoms with E-state index in [0.29, 0.717) is 6.42 Å². The predicted molar refractivity (Wildman–Crippen MR) is 102 cm³/mol. The second-order valence-corrected chi connectivity index (χ2v) is 7.90. The third-order valence-corrected chi connectivity index (χ3v) is 4.85. The third-order valence-electron chi connectivity index (χ3n) is 4.54. The number of hydrogen-bond donors (Lipinski definition) is 2. The Kier molecular flexibility index (Phi) is 11.3. The lowest BCUT2D eigenvalue weighted by Crippen LogP contribution is -2.39. The smallest absolute Gasteiger partial charge is 0.223 e. The Balaban J connectivity index is 4.90. The fraction of sp³-hybridized carbons (Fsp3) is 0.842. The van der Waals surface area contributed by atoms with Crippen molar-refractivity contribution < 1.29 is 14.4 Å². The van der Waals surface area contributed by atoms with Gasteiger partial charge in [-0.1, -0.05) is 59.8 Å². The van der Waals surface area contributed by atoms with Crippen LogP contribution in [0.2, 0.25) is 0 Å². The van der Waals surface area contributed by atoms with Crippen LogP contribution in [0.15, 0.2) is 0 Å². The first-order valence-electron chi connectivity index (χ1n) is 9.06. The molecule has 24 heavy (non-hydrogen) atoms. The van der Waals surface area contributed by atoms with Crippen molar-refractivity contribution in [3.63, 3.8) is 0 Å². The second-order valence-electron chi connectivity index (χ2n) is 7.58. The van der Waals surface area contributed by atoms with Crippen molar-refractivity contribution in [1.29, 1.82) is 0 Å². The molecule has 0 aliphatic carbocycles. The van der Waals surface area contributed by atoms with E-state index in [0.717, 1.165) is 25.7 Å². The van der Waals surface area contributed by atoms with Gasteiger partial charge in [-0.25, -0.2) is 0 Å². The van der Waals surface area contributed by atoms with Crippen LogP contribution in [0.25, 0.3) is 0 Å². The van der Waals surface area contributed by atoms with Gasteiger partial charge >= 0.3 is 0 Å². The highest BCUT2D eigenvalue weighted by atomic mass is 32.1. The summed E-state index contributed by atoms with van der Waals surface area (Å²) in [6.45, 7) is 7.99. The molecule has 0 rings (SSSR count). The summed E-state index contributed by atoms with van der Waals surface area (Å²) in [7, 11) is 1.58. The quantitative estimate of drug-likeness (QED) is 0.317. The molecule has 0 saturated carbocycles. The molecule has 0 radical (unpaired) electrons. The lowest BCUT2D eigenvalue weighted by Gasteiger charge is -2.29. The lowest BCUT2D eigenvalue weighted by molar-refractivity contribution is -0.137. The fourth-order valence-electron chi connectivity index (χ4n) is 2.87. The van der Waals surface area contributed by atoms with Crippen molar-refractivity contribution in [2.75, 3.05) is 12.8 Å². The molecule has 1 unspecified atom stereocenters. The maximum Gasteiger partial charge on any atom is 0.223 e. The maximum absolute atomic E-state index is 12.7. The van der Waals surface area contributed by atoms with E-state index in [2.05, 4.69) is 24.9 Å². The molecule has 0 aliphatic heterocycles. The second kappa shape index (κ2) is 11.7. The van der Waals surface area contributed by atoms with Crippen LogP contribution in [-0.4, -0.2) is 30.3 Å². The summed E-state index contributed by atoms with van der Waals surface area (Å²) in [6, 6.07) is 0. The summed E-state index contributed by atoms with van der Waals surface area (Å²) in [5.74, 6) is -1.35. The van der Waals surface area contributed by atoms with Crippen LogP contribution in [-0.2, 0) is 14.4 Å². The van der Waals surface area contributed by atoms with E-state index in [-0.39, 0.29) is 35.1 Å². The molecule has 140 valence electrons. The number of Topliss-reactive ketones (excluding diaryl/α,β-unsaturated/α-hetero) is 2. The minimum atomic E-state index is -0.612. The molecule has 4 nitrogen and oxygen atoms in total. The molecular formula is C19H35NO3S. The molecule has 1 N–H and O–H groups in total. The fourth-order valence-corrected chi connectivity index (χ4v) is 3.09. The highest BCUT2D eigenvalue weighted by molar-refractivity contribution is 7.81. The molecular weight excluding hydrogens is 322 g/mol. The van der Waals surface area contributed by atoms with Gasteiger partial charge in [0.25, 0.3) is 0 Å². The van der Waals surface area contributed by atoms with Gasteiger partial charge in [0.05, 0.1) is 5.92 Å². The van der Waals surface area contributed by atoms with Gasteiger partial charge in [-0.05, 0) is 11.8 Å². The number of unbranched alkanes of at least 4 members (excludes halogenated alkanes) is 4. The summed E-state index contributed by atoms with van der Waals surface area (Å²) in [5, 5.41) is 2.63. The molecule has 0 aromatic heterocycles. The van der Waals surface area contributed by atoms with E-state index in [1.807, 2.05) is 20.8 Å². The summed E-state index contributed by atoms with van der Waals surface area (Å²) in [5.41, 5.74) is -0.328. The van der Waals surface area contributed by atoms with E-state index < -0.39 is 11.8 Å². The van der Waals surface area contributed by atoms with Gasteiger partial charge in [0.15, 0.2) is 5.78 Å². The molecule has 0 aromatic carbocycles. The average Bonchev–Trinajstić information content (AvgIpc) is 2.53. The minimum absolute atomic E-state index is 0.0749. The molecule has 2 atom stereocenters. The minimum Gasteiger partial charge on any atom is -0.359 e. The van der Waals surface area contributed by atoms with Crippen LogP contribution < -0.4 is 5.32 Å². The Bertz CT molecular complexity index is 415. The topological polar surface area (TPSA) is 63.2 Å². The molecule has 0 heterocycles. The molecule has 0 spiro atoms. The largest absolute Gasteiger partial charge is 0.359 e. The number of nitrogens with one attached hydrogen (secondary N) is 1. The summed E-state index contributed by atoms with van der Waals surface area (Å²) in [4.78, 5) is 37.0. The lowest BCUT2D eigenvalue weighted by atomic mass is 9.75. The monoisotopic (exact) mass is 357 g/mol. The van der Waals surface area contributed by atoms with E-state index in [4.69, 9.17) is 0 Å². The number of ketones is 2. The van der Waals surface area contributed by atoms with Crippen LogP contribution in [0.1, 0.15) is 72.6 Å². The van der Waals surface area contributed by atoms with Crippen molar-refractivity contribution in [1.82, 2.24) is 5.32 Å². The van der Waals surface area contributed by atoms with Crippen molar-refractivity contribution in [2.45, 2.75) is 72.6 Å². The number of carbonyl (C=O) groups is 3. The SMILES string of the molecule is CCCCCCCC(C(=O)CS)C(=O)C[C@H](C(=O)NC)C(C)(C)C. The Morgan fingerprint density at radius 2 is 1.58 bits per heavy atom. The molecule has 0 aromatic rings. The molecule has 0 fully saturated rings. The first kappa shape index (κ1) is 23.2. The van der Waals surface area contributed by atoms with Crippen molar-refractivity contribution in [3.8, 4) is 0 Å². The predicted octanol–water partition coefficient (Wildman–Crippen LogP) is 3.83. The molecule has 0 aliphatic rings. The molecule has 5 heteroatoms. The highest BCUT2D eigenvalue weighted by Gasteiger charge is 2.35. The van der Waals surface area contributed by atoms with Crippen LogP contribution >= 0.6 is 12.6 Å². The Morgan fingerprint density at radius 3 is 2.04 bits per heavy atom. The zero-order valence-electron chi connectivity index (χ0n) is 16.0. The molecule has 0 saturated heterocycles. The van der Waals surface area contributed by atoms with Crippen LogP contribution in [0.4, 0.5) is 0 Å². The summed E-state index contributed by atoms with van der Waals surface area (Å²) in [6.07, 6.45) is 6.08. The normalized spacial score (nSPS) is 14.1. The Hall–Kier alpha value is -0.840. The van der Waals surface area contributed by atoms with Gasteiger partial charge in [0, 0.05) is 25.1 Å². The summed E-state index contributed by atoms with van der Waals surface area (Å²) >= 11 is 4.05. The first-order valence-corrected chi connectivity index (χ1v) is 9.70. The third kappa shape index (κ3) is 8.32. The van der Waals surface area contributed by atoms with Gasteiger partial charge < -0.3 is 5.32 Å². The van der Waals surface area contributed by atoms with Gasteiger partial charge in [0.1, 0.15) is 5.78 Å². The van der Waals surface area contributed by atoms with E-state index in [9.17, 15) is 14.4 Å². The number of rotatable bonds is 12. The van der Waals surface area contributed by atoms with Crippen molar-refractivity contribution >= 4 is 30.1 Å². The highest BCUT2D eigenvalue weighted by Crippen LogP contribution is 2.31. The Morgan fingerprint density at radius 1 is 1.00 bits per heavy atom. The van der Waals surface area contributed by atoms with E-state index in [1.165, 1.54) is 6.42 Å². The van der Waals surface area contributed by atoms with Crippen LogP contribution in [0.3, 0.4) is 0 Å².